The summed E-state index contributed by atoms with van der Waals surface area (Å²) in [6.45, 7) is 1.58. The third kappa shape index (κ3) is 3.87. The topological polar surface area (TPSA) is 64.7 Å². The number of hydrogen-bond acceptors (Lipinski definition) is 3. The minimum absolute atomic E-state index is 0.259. The number of carbonyl (C=O) groups is 1. The van der Waals surface area contributed by atoms with E-state index in [9.17, 15) is 9.18 Å². The van der Waals surface area contributed by atoms with Crippen LogP contribution in [-0.4, -0.2) is 32.0 Å². The zero-order valence-electron chi connectivity index (χ0n) is 14.5. The minimum atomic E-state index is -0.284. The Kier molecular flexibility index (Phi) is 4.65. The molecule has 0 atom stereocenters. The van der Waals surface area contributed by atoms with Crippen molar-refractivity contribution in [2.75, 3.05) is 6.54 Å². The molecule has 7 heteroatoms. The molecule has 6 nitrogen and oxygen atoms in total. The van der Waals surface area contributed by atoms with E-state index in [4.69, 9.17) is 0 Å². The number of hydrogen-bond donors (Lipinski definition) is 1. The molecule has 1 amide bonds. The smallest absolute Gasteiger partial charge is 0.273 e. The standard InChI is InChI=1S/C20H18FN5O/c21-17-7-5-15(6-8-17)13-26-14-18(23-24-26)20(27)22-10-12-25-11-9-16-3-1-2-4-19(16)25/h1-9,11,14H,10,12-13H2,(H,22,27). The molecule has 2 heterocycles. The summed E-state index contributed by atoms with van der Waals surface area (Å²) in [6, 6.07) is 16.3. The first-order chi connectivity index (χ1) is 13.2. The van der Waals surface area contributed by atoms with E-state index < -0.39 is 0 Å². The maximum atomic E-state index is 13.0. The minimum Gasteiger partial charge on any atom is -0.349 e. The van der Waals surface area contributed by atoms with Crippen molar-refractivity contribution in [3.8, 4) is 0 Å². The third-order valence-corrected chi connectivity index (χ3v) is 4.35. The Balaban J connectivity index is 1.33. The van der Waals surface area contributed by atoms with Gasteiger partial charge in [-0.15, -0.1) is 5.10 Å². The third-order valence-electron chi connectivity index (χ3n) is 4.35. The van der Waals surface area contributed by atoms with Crippen LogP contribution in [0.15, 0.2) is 67.0 Å². The lowest BCUT2D eigenvalue weighted by Gasteiger charge is -2.06. The average molecular weight is 363 g/mol. The fraction of sp³-hybridized carbons (Fsp3) is 0.150. The van der Waals surface area contributed by atoms with Gasteiger partial charge in [-0.05, 0) is 35.2 Å². The molecule has 0 aliphatic rings. The molecule has 0 saturated heterocycles. The summed E-state index contributed by atoms with van der Waals surface area (Å²) in [5.41, 5.74) is 2.28. The van der Waals surface area contributed by atoms with Gasteiger partial charge in [0.15, 0.2) is 5.69 Å². The van der Waals surface area contributed by atoms with Crippen LogP contribution in [-0.2, 0) is 13.1 Å². The number of carbonyl (C=O) groups excluding carboxylic acids is 1. The molecule has 2 aromatic carbocycles. The highest BCUT2D eigenvalue weighted by atomic mass is 19.1. The molecule has 0 spiro atoms. The van der Waals surface area contributed by atoms with E-state index in [1.165, 1.54) is 17.5 Å². The summed E-state index contributed by atoms with van der Waals surface area (Å²) in [6.07, 6.45) is 3.60. The number of nitrogens with zero attached hydrogens (tertiary/aromatic N) is 4. The van der Waals surface area contributed by atoms with Crippen LogP contribution in [0.4, 0.5) is 4.39 Å². The summed E-state index contributed by atoms with van der Waals surface area (Å²) in [7, 11) is 0. The molecular formula is C20H18FN5O. The van der Waals surface area contributed by atoms with E-state index in [-0.39, 0.29) is 17.4 Å². The van der Waals surface area contributed by atoms with Gasteiger partial charge in [-0.25, -0.2) is 9.07 Å². The van der Waals surface area contributed by atoms with E-state index >= 15 is 0 Å². The van der Waals surface area contributed by atoms with E-state index in [2.05, 4.69) is 38.4 Å². The highest BCUT2D eigenvalue weighted by Crippen LogP contribution is 2.14. The van der Waals surface area contributed by atoms with Crippen molar-refractivity contribution < 1.29 is 9.18 Å². The molecule has 4 rings (SSSR count). The second-order valence-electron chi connectivity index (χ2n) is 6.25. The first-order valence-electron chi connectivity index (χ1n) is 8.66. The second-order valence-corrected chi connectivity index (χ2v) is 6.25. The van der Waals surface area contributed by atoms with E-state index in [0.717, 1.165) is 11.1 Å². The summed E-state index contributed by atoms with van der Waals surface area (Å²) >= 11 is 0. The largest absolute Gasteiger partial charge is 0.349 e. The number of nitrogens with one attached hydrogen (secondary N) is 1. The molecule has 0 fully saturated rings. The highest BCUT2D eigenvalue weighted by Gasteiger charge is 2.11. The fourth-order valence-corrected chi connectivity index (χ4v) is 2.97. The number of para-hydroxylation sites is 1. The monoisotopic (exact) mass is 363 g/mol. The van der Waals surface area contributed by atoms with E-state index in [1.54, 1.807) is 23.0 Å². The number of halogens is 1. The number of fused-ring (bicyclic) bond motifs is 1. The van der Waals surface area contributed by atoms with Gasteiger partial charge in [-0.3, -0.25) is 4.79 Å². The Morgan fingerprint density at radius 1 is 1.07 bits per heavy atom. The van der Waals surface area contributed by atoms with Crippen LogP contribution in [0.5, 0.6) is 0 Å². The molecule has 0 aliphatic carbocycles. The first kappa shape index (κ1) is 17.0. The van der Waals surface area contributed by atoms with Crippen LogP contribution in [0.2, 0.25) is 0 Å². The Bertz CT molecular complexity index is 1070. The zero-order valence-corrected chi connectivity index (χ0v) is 14.5. The molecule has 0 radical (unpaired) electrons. The van der Waals surface area contributed by atoms with Crippen molar-refractivity contribution in [3.63, 3.8) is 0 Å². The molecule has 0 aliphatic heterocycles. The first-order valence-corrected chi connectivity index (χ1v) is 8.66. The number of amides is 1. The van der Waals surface area contributed by atoms with E-state index in [0.29, 0.717) is 19.6 Å². The lowest BCUT2D eigenvalue weighted by molar-refractivity contribution is 0.0947. The van der Waals surface area contributed by atoms with Gasteiger partial charge in [0.25, 0.3) is 5.91 Å². The van der Waals surface area contributed by atoms with Crippen molar-refractivity contribution >= 4 is 16.8 Å². The lowest BCUT2D eigenvalue weighted by Crippen LogP contribution is -2.27. The summed E-state index contributed by atoms with van der Waals surface area (Å²) < 4.78 is 16.6. The summed E-state index contributed by atoms with van der Waals surface area (Å²) in [4.78, 5) is 12.3. The Labute approximate surface area is 155 Å². The summed E-state index contributed by atoms with van der Waals surface area (Å²) in [5.74, 6) is -0.551. The van der Waals surface area contributed by atoms with Crippen molar-refractivity contribution in [2.45, 2.75) is 13.1 Å². The van der Waals surface area contributed by atoms with Crippen LogP contribution >= 0.6 is 0 Å². The van der Waals surface area contributed by atoms with Gasteiger partial charge in [0.2, 0.25) is 0 Å². The van der Waals surface area contributed by atoms with Crippen molar-refractivity contribution in [3.05, 3.63) is 84.1 Å². The molecule has 0 bridgehead atoms. The van der Waals surface area contributed by atoms with E-state index in [1.807, 2.05) is 18.3 Å². The maximum absolute atomic E-state index is 13.0. The molecule has 136 valence electrons. The van der Waals surface area contributed by atoms with Crippen molar-refractivity contribution in [1.82, 2.24) is 24.9 Å². The number of benzene rings is 2. The highest BCUT2D eigenvalue weighted by molar-refractivity contribution is 5.91. The molecule has 0 saturated carbocycles. The SMILES string of the molecule is O=C(NCCn1ccc2ccccc21)c1cn(Cc2ccc(F)cc2)nn1. The molecule has 4 aromatic rings. The predicted octanol–water partition coefficient (Wildman–Crippen LogP) is 2.85. The number of rotatable bonds is 6. The molecule has 27 heavy (non-hydrogen) atoms. The normalized spacial score (nSPS) is 11.0. The van der Waals surface area contributed by atoms with Crippen molar-refractivity contribution in [1.29, 1.82) is 0 Å². The Morgan fingerprint density at radius 3 is 2.74 bits per heavy atom. The average Bonchev–Trinajstić information content (AvgIpc) is 3.31. The van der Waals surface area contributed by atoms with Gasteiger partial charge in [0.05, 0.1) is 12.7 Å². The van der Waals surface area contributed by atoms with Gasteiger partial charge in [-0.1, -0.05) is 35.5 Å². The maximum Gasteiger partial charge on any atom is 0.273 e. The molecule has 1 N–H and O–H groups in total. The van der Waals surface area contributed by atoms with Gasteiger partial charge in [-0.2, -0.15) is 0 Å². The Morgan fingerprint density at radius 2 is 1.89 bits per heavy atom. The predicted molar refractivity (Wildman–Crippen MR) is 99.8 cm³/mol. The zero-order chi connectivity index (χ0) is 18.6. The van der Waals surface area contributed by atoms with Gasteiger partial charge in [0, 0.05) is 24.8 Å². The van der Waals surface area contributed by atoms with Crippen LogP contribution in [0.25, 0.3) is 10.9 Å². The Hall–Kier alpha value is -3.48. The van der Waals surface area contributed by atoms with Gasteiger partial charge in [0.1, 0.15) is 5.82 Å². The van der Waals surface area contributed by atoms with Crippen molar-refractivity contribution in [2.24, 2.45) is 0 Å². The summed E-state index contributed by atoms with van der Waals surface area (Å²) in [5, 5.41) is 11.9. The quantitative estimate of drug-likeness (QED) is 0.573. The second kappa shape index (κ2) is 7.41. The van der Waals surface area contributed by atoms with Crippen LogP contribution in [0.3, 0.4) is 0 Å². The fourth-order valence-electron chi connectivity index (χ4n) is 2.97. The van der Waals surface area contributed by atoms with Crippen LogP contribution < -0.4 is 5.32 Å². The van der Waals surface area contributed by atoms with Crippen LogP contribution in [0, 0.1) is 5.82 Å². The van der Waals surface area contributed by atoms with Crippen LogP contribution in [0.1, 0.15) is 16.1 Å². The molecule has 2 aromatic heterocycles. The molecular weight excluding hydrogens is 345 g/mol. The lowest BCUT2D eigenvalue weighted by atomic mass is 10.2. The molecule has 0 unspecified atom stereocenters. The van der Waals surface area contributed by atoms with Gasteiger partial charge >= 0.3 is 0 Å². The number of aromatic nitrogens is 4. The van der Waals surface area contributed by atoms with Gasteiger partial charge < -0.3 is 9.88 Å².